The molecule has 0 bridgehead atoms. The van der Waals surface area contributed by atoms with Crippen molar-refractivity contribution >= 4 is 14.0 Å². The molecule has 3 nitrogen and oxygen atoms in total. The van der Waals surface area contributed by atoms with Crippen molar-refractivity contribution in [3.05, 3.63) is 0 Å². The minimum atomic E-state index is -1.46. The van der Waals surface area contributed by atoms with Crippen LogP contribution in [0.1, 0.15) is 26.7 Å². The van der Waals surface area contributed by atoms with E-state index in [2.05, 4.69) is 31.1 Å². The topological polar surface area (TPSA) is 35.5 Å². The van der Waals surface area contributed by atoms with Gasteiger partial charge in [0.15, 0.2) is 6.10 Å². The maximum absolute atomic E-state index is 11.1. The van der Waals surface area contributed by atoms with Crippen LogP contribution in [0.2, 0.25) is 19.6 Å². The van der Waals surface area contributed by atoms with Gasteiger partial charge in [-0.05, 0) is 19.8 Å². The number of esters is 1. The monoisotopic (exact) mass is 254 g/mol. The zero-order valence-electron chi connectivity index (χ0n) is 11.4. The van der Waals surface area contributed by atoms with Crippen molar-refractivity contribution in [2.75, 3.05) is 6.61 Å². The molecule has 0 radical (unpaired) electrons. The minimum absolute atomic E-state index is 0.295. The van der Waals surface area contributed by atoms with Crippen molar-refractivity contribution in [2.24, 2.45) is 0 Å². The summed E-state index contributed by atoms with van der Waals surface area (Å²) in [5.74, 6) is 2.82. The molecule has 1 rings (SSSR count). The lowest BCUT2D eigenvalue weighted by atomic mass is 9.96. The molecular formula is C13H22O3Si. The van der Waals surface area contributed by atoms with Crippen molar-refractivity contribution in [1.29, 1.82) is 0 Å². The molecule has 1 fully saturated rings. The lowest BCUT2D eigenvalue weighted by molar-refractivity contribution is -0.155. The SMILES string of the molecule is CC(=O)O[C@H](C#C[Si](C)(C)C)[C@@]1(C)CCCO1. The number of hydrogen-bond acceptors (Lipinski definition) is 3. The van der Waals surface area contributed by atoms with Crippen LogP contribution in [0.25, 0.3) is 0 Å². The van der Waals surface area contributed by atoms with E-state index in [0.29, 0.717) is 0 Å². The summed E-state index contributed by atoms with van der Waals surface area (Å²) in [7, 11) is -1.46. The second-order valence-electron chi connectivity index (χ2n) is 5.77. The zero-order chi connectivity index (χ0) is 13.1. The Labute approximate surface area is 105 Å². The van der Waals surface area contributed by atoms with E-state index >= 15 is 0 Å². The molecule has 0 amide bonds. The number of rotatable bonds is 2. The molecule has 0 saturated carbocycles. The number of carbonyl (C=O) groups excluding carboxylic acids is 1. The molecule has 0 aromatic rings. The van der Waals surface area contributed by atoms with Gasteiger partial charge in [-0.25, -0.2) is 0 Å². The fourth-order valence-electron chi connectivity index (χ4n) is 1.76. The first-order valence-corrected chi connectivity index (χ1v) is 9.57. The molecule has 0 spiro atoms. The molecule has 1 heterocycles. The Balaban J connectivity index is 2.86. The first kappa shape index (κ1) is 14.3. The maximum atomic E-state index is 11.1. The summed E-state index contributed by atoms with van der Waals surface area (Å²) >= 11 is 0. The van der Waals surface area contributed by atoms with Gasteiger partial charge in [-0.1, -0.05) is 25.6 Å². The van der Waals surface area contributed by atoms with Gasteiger partial charge in [0.1, 0.15) is 13.7 Å². The Bertz CT molecular complexity index is 340. The standard InChI is InChI=1S/C13H22O3Si/c1-11(14)16-12(7-10-17(3,4)5)13(2)8-6-9-15-13/h12H,6,8-9H2,1-5H3/t12-,13-/m1/s1. The smallest absolute Gasteiger partial charge is 0.303 e. The highest BCUT2D eigenvalue weighted by atomic mass is 28.3. The summed E-state index contributed by atoms with van der Waals surface area (Å²) in [5, 5.41) is 0. The predicted molar refractivity (Wildman–Crippen MR) is 70.3 cm³/mol. The van der Waals surface area contributed by atoms with Crippen LogP contribution in [0.5, 0.6) is 0 Å². The zero-order valence-corrected chi connectivity index (χ0v) is 12.4. The molecule has 1 aliphatic rings. The second-order valence-corrected chi connectivity index (χ2v) is 10.5. The first-order valence-electron chi connectivity index (χ1n) is 6.07. The summed E-state index contributed by atoms with van der Waals surface area (Å²) in [4.78, 5) is 11.1. The van der Waals surface area contributed by atoms with Crippen LogP contribution in [0, 0.1) is 11.5 Å². The van der Waals surface area contributed by atoms with E-state index in [1.807, 2.05) is 6.92 Å². The molecule has 1 aliphatic heterocycles. The fraction of sp³-hybridized carbons (Fsp3) is 0.769. The molecule has 0 N–H and O–H groups in total. The molecule has 2 atom stereocenters. The van der Waals surface area contributed by atoms with Crippen LogP contribution >= 0.6 is 0 Å². The van der Waals surface area contributed by atoms with Gasteiger partial charge in [0.05, 0.1) is 0 Å². The summed E-state index contributed by atoms with van der Waals surface area (Å²) < 4.78 is 11.0. The lowest BCUT2D eigenvalue weighted by Gasteiger charge is -2.29. The van der Waals surface area contributed by atoms with Crippen LogP contribution < -0.4 is 0 Å². The molecular weight excluding hydrogens is 232 g/mol. The predicted octanol–water partition coefficient (Wildman–Crippen LogP) is 2.37. The number of carbonyl (C=O) groups is 1. The van der Waals surface area contributed by atoms with E-state index < -0.39 is 19.8 Å². The lowest BCUT2D eigenvalue weighted by Crippen LogP contribution is -2.41. The van der Waals surface area contributed by atoms with Crippen molar-refractivity contribution in [1.82, 2.24) is 0 Å². The third kappa shape index (κ3) is 4.53. The maximum Gasteiger partial charge on any atom is 0.303 e. The Hall–Kier alpha value is -0.793. The van der Waals surface area contributed by atoms with Gasteiger partial charge in [0.2, 0.25) is 0 Å². The van der Waals surface area contributed by atoms with Gasteiger partial charge in [-0.15, -0.1) is 5.54 Å². The minimum Gasteiger partial charge on any atom is -0.446 e. The highest BCUT2D eigenvalue weighted by molar-refractivity contribution is 6.83. The summed E-state index contributed by atoms with van der Waals surface area (Å²) in [6, 6.07) is 0. The summed E-state index contributed by atoms with van der Waals surface area (Å²) in [6.07, 6.45) is 1.46. The number of hydrogen-bond donors (Lipinski definition) is 0. The molecule has 17 heavy (non-hydrogen) atoms. The van der Waals surface area contributed by atoms with Crippen molar-refractivity contribution in [3.8, 4) is 11.5 Å². The summed E-state index contributed by atoms with van der Waals surface area (Å²) in [6.45, 7) is 10.6. The van der Waals surface area contributed by atoms with Crippen LogP contribution in [0.4, 0.5) is 0 Å². The molecule has 96 valence electrons. The second kappa shape index (κ2) is 5.24. The Morgan fingerprint density at radius 2 is 2.12 bits per heavy atom. The molecule has 0 aromatic heterocycles. The van der Waals surface area contributed by atoms with Gasteiger partial charge >= 0.3 is 5.97 Å². The fourth-order valence-corrected chi connectivity index (χ4v) is 2.33. The third-order valence-corrected chi connectivity index (χ3v) is 3.56. The van der Waals surface area contributed by atoms with Gasteiger partial charge in [0.25, 0.3) is 0 Å². The van der Waals surface area contributed by atoms with Crippen molar-refractivity contribution in [3.63, 3.8) is 0 Å². The highest BCUT2D eigenvalue weighted by Crippen LogP contribution is 2.30. The first-order chi connectivity index (χ1) is 7.73. The Morgan fingerprint density at radius 3 is 2.53 bits per heavy atom. The van der Waals surface area contributed by atoms with Gasteiger partial charge in [0, 0.05) is 13.5 Å². The van der Waals surface area contributed by atoms with Crippen LogP contribution in [-0.4, -0.2) is 32.4 Å². The molecule has 0 aromatic carbocycles. The molecule has 0 unspecified atom stereocenters. The van der Waals surface area contributed by atoms with Gasteiger partial charge in [-0.3, -0.25) is 4.79 Å². The van der Waals surface area contributed by atoms with E-state index in [9.17, 15) is 4.79 Å². The molecule has 0 aliphatic carbocycles. The number of ether oxygens (including phenoxy) is 2. The van der Waals surface area contributed by atoms with Crippen molar-refractivity contribution in [2.45, 2.75) is 58.0 Å². The van der Waals surface area contributed by atoms with E-state index in [1.54, 1.807) is 0 Å². The van der Waals surface area contributed by atoms with Crippen LogP contribution in [0.3, 0.4) is 0 Å². The molecule has 4 heteroatoms. The largest absolute Gasteiger partial charge is 0.446 e. The van der Waals surface area contributed by atoms with E-state index in [0.717, 1.165) is 19.4 Å². The van der Waals surface area contributed by atoms with Crippen LogP contribution in [-0.2, 0) is 14.3 Å². The van der Waals surface area contributed by atoms with Gasteiger partial charge in [-0.2, -0.15) is 0 Å². The average molecular weight is 254 g/mol. The normalized spacial score (nSPS) is 25.9. The third-order valence-electron chi connectivity index (χ3n) is 2.67. The van der Waals surface area contributed by atoms with E-state index in [-0.39, 0.29) is 5.97 Å². The molecule has 1 saturated heterocycles. The Morgan fingerprint density at radius 1 is 1.47 bits per heavy atom. The quantitative estimate of drug-likeness (QED) is 0.431. The van der Waals surface area contributed by atoms with Crippen LogP contribution in [0.15, 0.2) is 0 Å². The van der Waals surface area contributed by atoms with E-state index in [1.165, 1.54) is 6.92 Å². The highest BCUT2D eigenvalue weighted by Gasteiger charge is 2.40. The van der Waals surface area contributed by atoms with Gasteiger partial charge < -0.3 is 9.47 Å². The Kier molecular flexibility index (Phi) is 4.40. The average Bonchev–Trinajstić information content (AvgIpc) is 2.58. The van der Waals surface area contributed by atoms with Crippen molar-refractivity contribution < 1.29 is 14.3 Å². The van der Waals surface area contributed by atoms with E-state index in [4.69, 9.17) is 9.47 Å². The summed E-state index contributed by atoms with van der Waals surface area (Å²) in [5.41, 5.74) is 2.83.